The van der Waals surface area contributed by atoms with Crippen molar-refractivity contribution < 1.29 is 18.7 Å². The molecule has 2 aromatic rings. The SMILES string of the molecule is COC1CCCOC12CCN(C(=O)c1c[nH]c3c(F)cccc3c1=O)CC2. The maximum absolute atomic E-state index is 13.8. The number of fused-ring (bicyclic) bond motifs is 1. The summed E-state index contributed by atoms with van der Waals surface area (Å²) in [6, 6.07) is 4.27. The van der Waals surface area contributed by atoms with E-state index in [2.05, 4.69) is 4.98 Å². The largest absolute Gasteiger partial charge is 0.378 e. The number of amides is 1. The van der Waals surface area contributed by atoms with Crippen LogP contribution in [-0.2, 0) is 9.47 Å². The number of rotatable bonds is 2. The zero-order valence-electron chi connectivity index (χ0n) is 15.3. The summed E-state index contributed by atoms with van der Waals surface area (Å²) in [5.41, 5.74) is -0.632. The van der Waals surface area contributed by atoms with Gasteiger partial charge in [-0.1, -0.05) is 6.07 Å². The summed E-state index contributed by atoms with van der Waals surface area (Å²) in [6.07, 6.45) is 4.65. The van der Waals surface area contributed by atoms with Gasteiger partial charge >= 0.3 is 0 Å². The Balaban J connectivity index is 1.56. The number of piperidine rings is 1. The molecular formula is C20H23FN2O4. The quantitative estimate of drug-likeness (QED) is 0.877. The molecular weight excluding hydrogens is 351 g/mol. The van der Waals surface area contributed by atoms with Crippen molar-refractivity contribution in [2.75, 3.05) is 26.8 Å². The Morgan fingerprint density at radius 2 is 2.15 bits per heavy atom. The number of aromatic nitrogens is 1. The maximum Gasteiger partial charge on any atom is 0.259 e. The van der Waals surface area contributed by atoms with Crippen molar-refractivity contribution in [1.29, 1.82) is 0 Å². The van der Waals surface area contributed by atoms with Gasteiger partial charge in [0.05, 0.1) is 17.2 Å². The van der Waals surface area contributed by atoms with Crippen LogP contribution >= 0.6 is 0 Å². The predicted molar refractivity (Wildman–Crippen MR) is 98.4 cm³/mol. The van der Waals surface area contributed by atoms with Crippen molar-refractivity contribution in [3.63, 3.8) is 0 Å². The van der Waals surface area contributed by atoms with Crippen LogP contribution in [0.3, 0.4) is 0 Å². The third kappa shape index (κ3) is 3.04. The average molecular weight is 374 g/mol. The van der Waals surface area contributed by atoms with Crippen LogP contribution in [0.4, 0.5) is 4.39 Å². The lowest BCUT2D eigenvalue weighted by Gasteiger charge is -2.47. The van der Waals surface area contributed by atoms with Gasteiger partial charge in [0.2, 0.25) is 5.43 Å². The molecule has 1 unspecified atom stereocenters. The van der Waals surface area contributed by atoms with Gasteiger partial charge in [0.1, 0.15) is 11.4 Å². The number of carbonyl (C=O) groups excluding carboxylic acids is 1. The standard InChI is InChI=1S/C20H23FN2O4/c1-26-16-6-3-11-27-20(16)7-9-23(10-8-20)19(25)14-12-22-17-13(18(14)24)4-2-5-15(17)21/h2,4-5,12,16H,3,6-11H2,1H3,(H,22,24). The Labute approximate surface area is 156 Å². The second kappa shape index (κ2) is 7.05. The Bertz CT molecular complexity index is 918. The minimum Gasteiger partial charge on any atom is -0.378 e. The normalized spacial score (nSPS) is 22.3. The second-order valence-electron chi connectivity index (χ2n) is 7.27. The van der Waals surface area contributed by atoms with E-state index >= 15 is 0 Å². The van der Waals surface area contributed by atoms with Gasteiger partial charge in [0.15, 0.2) is 0 Å². The number of aromatic amines is 1. The minimum atomic E-state index is -0.511. The highest BCUT2D eigenvalue weighted by atomic mass is 19.1. The summed E-state index contributed by atoms with van der Waals surface area (Å²) >= 11 is 0. The fraction of sp³-hybridized carbons (Fsp3) is 0.500. The maximum atomic E-state index is 13.8. The Morgan fingerprint density at radius 3 is 2.89 bits per heavy atom. The summed E-state index contributed by atoms with van der Waals surface area (Å²) in [6.45, 7) is 1.71. The van der Waals surface area contributed by atoms with E-state index < -0.39 is 11.2 Å². The van der Waals surface area contributed by atoms with Crippen molar-refractivity contribution in [1.82, 2.24) is 9.88 Å². The number of hydrogen-bond donors (Lipinski definition) is 1. The Hall–Kier alpha value is -2.25. The second-order valence-corrected chi connectivity index (χ2v) is 7.27. The molecule has 1 aromatic heterocycles. The molecule has 6 nitrogen and oxygen atoms in total. The topological polar surface area (TPSA) is 71.6 Å². The van der Waals surface area contributed by atoms with Gasteiger partial charge in [-0.3, -0.25) is 9.59 Å². The van der Waals surface area contributed by atoms with E-state index in [9.17, 15) is 14.0 Å². The zero-order valence-corrected chi connectivity index (χ0v) is 15.3. The Morgan fingerprint density at radius 1 is 1.37 bits per heavy atom. The number of nitrogens with one attached hydrogen (secondary N) is 1. The van der Waals surface area contributed by atoms with Crippen molar-refractivity contribution in [3.8, 4) is 0 Å². The number of benzene rings is 1. The van der Waals surface area contributed by atoms with Crippen molar-refractivity contribution in [2.24, 2.45) is 0 Å². The molecule has 4 rings (SSSR count). The van der Waals surface area contributed by atoms with E-state index in [0.717, 1.165) is 12.8 Å². The molecule has 3 heterocycles. The monoisotopic (exact) mass is 374 g/mol. The minimum absolute atomic E-state index is 0.0375. The number of hydrogen-bond acceptors (Lipinski definition) is 4. The lowest BCUT2D eigenvalue weighted by Crippen LogP contribution is -2.56. The van der Waals surface area contributed by atoms with Crippen molar-refractivity contribution in [3.05, 3.63) is 46.0 Å². The number of nitrogens with zero attached hydrogens (tertiary/aromatic N) is 1. The highest BCUT2D eigenvalue weighted by molar-refractivity contribution is 5.97. The first kappa shape index (κ1) is 18.1. The smallest absolute Gasteiger partial charge is 0.259 e. The van der Waals surface area contributed by atoms with Crippen LogP contribution in [0.2, 0.25) is 0 Å². The first-order valence-corrected chi connectivity index (χ1v) is 9.32. The molecule has 1 N–H and O–H groups in total. The summed E-state index contributed by atoms with van der Waals surface area (Å²) in [5.74, 6) is -0.842. The Kier molecular flexibility index (Phi) is 4.74. The molecule has 1 atom stereocenters. The number of H-pyrrole nitrogens is 1. The highest BCUT2D eigenvalue weighted by Crippen LogP contribution is 2.37. The van der Waals surface area contributed by atoms with Crippen LogP contribution in [0.5, 0.6) is 0 Å². The van der Waals surface area contributed by atoms with E-state index in [1.807, 2.05) is 0 Å². The molecule has 1 amide bonds. The van der Waals surface area contributed by atoms with E-state index in [-0.39, 0.29) is 34.1 Å². The summed E-state index contributed by atoms with van der Waals surface area (Å²) in [4.78, 5) is 30.0. The lowest BCUT2D eigenvalue weighted by atomic mass is 9.81. The van der Waals surface area contributed by atoms with E-state index in [1.165, 1.54) is 24.4 Å². The highest BCUT2D eigenvalue weighted by Gasteiger charge is 2.45. The van der Waals surface area contributed by atoms with Gasteiger partial charge in [-0.2, -0.15) is 0 Å². The van der Waals surface area contributed by atoms with Crippen LogP contribution in [-0.4, -0.2) is 54.3 Å². The molecule has 0 radical (unpaired) electrons. The molecule has 2 aliphatic heterocycles. The molecule has 2 saturated heterocycles. The molecule has 1 aromatic carbocycles. The number of pyridine rings is 1. The number of likely N-dealkylation sites (tertiary alicyclic amines) is 1. The fourth-order valence-electron chi connectivity index (χ4n) is 4.33. The molecule has 0 aliphatic carbocycles. The van der Waals surface area contributed by atoms with Gasteiger partial charge in [0, 0.05) is 38.4 Å². The van der Waals surface area contributed by atoms with Crippen molar-refractivity contribution in [2.45, 2.75) is 37.4 Å². The molecule has 27 heavy (non-hydrogen) atoms. The average Bonchev–Trinajstić information content (AvgIpc) is 2.69. The van der Waals surface area contributed by atoms with Gasteiger partial charge in [0.25, 0.3) is 5.91 Å². The molecule has 1 spiro atoms. The molecule has 2 aliphatic rings. The number of ether oxygens (including phenoxy) is 2. The molecule has 2 fully saturated rings. The van der Waals surface area contributed by atoms with Crippen LogP contribution in [0.15, 0.2) is 29.2 Å². The molecule has 0 saturated carbocycles. The third-order valence-electron chi connectivity index (χ3n) is 5.86. The summed E-state index contributed by atoms with van der Waals surface area (Å²) in [5, 5.41) is 0.185. The zero-order chi connectivity index (χ0) is 19.0. The third-order valence-corrected chi connectivity index (χ3v) is 5.86. The fourth-order valence-corrected chi connectivity index (χ4v) is 4.33. The lowest BCUT2D eigenvalue weighted by molar-refractivity contribution is -0.183. The van der Waals surface area contributed by atoms with Gasteiger partial charge in [-0.15, -0.1) is 0 Å². The van der Waals surface area contributed by atoms with E-state index in [0.29, 0.717) is 32.5 Å². The molecule has 7 heteroatoms. The number of methoxy groups -OCH3 is 1. The number of carbonyl (C=O) groups is 1. The predicted octanol–water partition coefficient (Wildman–Crippen LogP) is 2.47. The van der Waals surface area contributed by atoms with Gasteiger partial charge in [-0.25, -0.2) is 4.39 Å². The summed E-state index contributed by atoms with van der Waals surface area (Å²) < 4.78 is 25.5. The van der Waals surface area contributed by atoms with Gasteiger partial charge in [-0.05, 0) is 37.8 Å². The first-order valence-electron chi connectivity index (χ1n) is 9.32. The van der Waals surface area contributed by atoms with E-state index in [1.54, 1.807) is 12.0 Å². The number of halogens is 1. The van der Waals surface area contributed by atoms with Crippen LogP contribution in [0.25, 0.3) is 10.9 Å². The molecule has 0 bridgehead atoms. The van der Waals surface area contributed by atoms with Crippen LogP contribution < -0.4 is 5.43 Å². The van der Waals surface area contributed by atoms with Gasteiger partial charge < -0.3 is 19.4 Å². The number of para-hydroxylation sites is 1. The summed E-state index contributed by atoms with van der Waals surface area (Å²) in [7, 11) is 1.70. The van der Waals surface area contributed by atoms with Crippen LogP contribution in [0.1, 0.15) is 36.0 Å². The van der Waals surface area contributed by atoms with Crippen LogP contribution in [0, 0.1) is 5.82 Å². The van der Waals surface area contributed by atoms with Crippen molar-refractivity contribution >= 4 is 16.8 Å². The van der Waals surface area contributed by atoms with E-state index in [4.69, 9.17) is 9.47 Å². The molecule has 144 valence electrons. The first-order chi connectivity index (χ1) is 13.1.